The van der Waals surface area contributed by atoms with Gasteiger partial charge in [-0.15, -0.1) is 0 Å². The quantitative estimate of drug-likeness (QED) is 0.590. The third-order valence-corrected chi connectivity index (χ3v) is 6.52. The maximum atomic E-state index is 12.8. The Labute approximate surface area is 184 Å². The van der Waals surface area contributed by atoms with Gasteiger partial charge in [0.1, 0.15) is 0 Å². The van der Waals surface area contributed by atoms with Crippen molar-refractivity contribution in [3.05, 3.63) is 0 Å². The molecule has 3 aliphatic heterocycles. The summed E-state index contributed by atoms with van der Waals surface area (Å²) < 4.78 is 5.84. The van der Waals surface area contributed by atoms with Crippen LogP contribution < -0.4 is 10.6 Å². The van der Waals surface area contributed by atoms with E-state index in [1.165, 1.54) is 6.92 Å². The van der Waals surface area contributed by atoms with Gasteiger partial charge in [0, 0.05) is 57.5 Å². The monoisotopic (exact) mass is 436 g/mol. The van der Waals surface area contributed by atoms with Gasteiger partial charge in [-0.2, -0.15) is 0 Å². The molecule has 2 N–H and O–H groups in total. The Morgan fingerprint density at radius 3 is 2.10 bits per heavy atom. The molecule has 0 aliphatic carbocycles. The van der Waals surface area contributed by atoms with E-state index in [1.54, 1.807) is 4.90 Å². The highest BCUT2D eigenvalue weighted by atomic mass is 16.5. The first kappa shape index (κ1) is 23.5. The zero-order chi connectivity index (χ0) is 22.7. The summed E-state index contributed by atoms with van der Waals surface area (Å²) in [5.74, 6) is -0.225. The Bertz CT molecular complexity index is 700. The molecule has 0 bridgehead atoms. The normalized spacial score (nSPS) is 25.5. The van der Waals surface area contributed by atoms with Crippen molar-refractivity contribution in [1.29, 1.82) is 0 Å². The highest BCUT2D eigenvalue weighted by molar-refractivity contribution is 5.82. The molecule has 9 nitrogen and oxygen atoms in total. The molecule has 0 aromatic heterocycles. The lowest BCUT2D eigenvalue weighted by Gasteiger charge is -2.43. The van der Waals surface area contributed by atoms with Gasteiger partial charge in [-0.05, 0) is 19.3 Å². The standard InChI is InChI=1S/C22H36N4O5/c1-13(2)20(28)23-18-11-26(12-18)22(30)16-5-6-31-19(8-16)7-14(3)21(29)24-17-9-25(10-17)15(4)27/h13-14,16-19H,5-12H2,1-4H3,(H,23,28)(H,24,29). The van der Waals surface area contributed by atoms with E-state index < -0.39 is 0 Å². The maximum Gasteiger partial charge on any atom is 0.226 e. The lowest BCUT2D eigenvalue weighted by atomic mass is 9.88. The molecular formula is C22H36N4O5. The van der Waals surface area contributed by atoms with Crippen molar-refractivity contribution < 1.29 is 23.9 Å². The summed E-state index contributed by atoms with van der Waals surface area (Å²) in [6.07, 6.45) is 1.78. The molecule has 3 fully saturated rings. The second-order valence-electron chi connectivity index (χ2n) is 9.58. The third kappa shape index (κ3) is 5.96. The molecule has 3 unspecified atom stereocenters. The molecule has 0 aromatic rings. The SMILES string of the molecule is CC(=O)N1CC(NC(=O)C(C)CC2CC(C(=O)N3CC(NC(=O)C(C)C)C3)CCO2)C1. The fourth-order valence-electron chi connectivity index (χ4n) is 4.32. The van der Waals surface area contributed by atoms with Crippen LogP contribution in [0.5, 0.6) is 0 Å². The third-order valence-electron chi connectivity index (χ3n) is 6.52. The Hall–Kier alpha value is -2.16. The molecule has 4 amide bonds. The molecule has 3 heterocycles. The lowest BCUT2D eigenvalue weighted by Crippen LogP contribution is -2.62. The van der Waals surface area contributed by atoms with Crippen LogP contribution in [-0.2, 0) is 23.9 Å². The van der Waals surface area contributed by atoms with E-state index in [1.807, 2.05) is 25.7 Å². The van der Waals surface area contributed by atoms with Crippen LogP contribution in [0, 0.1) is 17.8 Å². The van der Waals surface area contributed by atoms with Gasteiger partial charge in [-0.25, -0.2) is 0 Å². The maximum absolute atomic E-state index is 12.8. The minimum absolute atomic E-state index is 0.0198. The number of hydrogen-bond donors (Lipinski definition) is 2. The summed E-state index contributed by atoms with van der Waals surface area (Å²) in [6.45, 7) is 9.91. The minimum atomic E-state index is -0.218. The number of hydrogen-bond acceptors (Lipinski definition) is 5. The molecule has 0 aromatic carbocycles. The second kappa shape index (κ2) is 9.97. The predicted octanol–water partition coefficient (Wildman–Crippen LogP) is 0.138. The topological polar surface area (TPSA) is 108 Å². The molecular weight excluding hydrogens is 400 g/mol. The fourth-order valence-corrected chi connectivity index (χ4v) is 4.32. The van der Waals surface area contributed by atoms with Crippen molar-refractivity contribution in [1.82, 2.24) is 20.4 Å². The van der Waals surface area contributed by atoms with Crippen molar-refractivity contribution >= 4 is 23.6 Å². The number of carbonyl (C=O) groups excluding carboxylic acids is 4. The number of nitrogens with zero attached hydrogens (tertiary/aromatic N) is 2. The molecule has 9 heteroatoms. The van der Waals surface area contributed by atoms with Crippen molar-refractivity contribution in [2.45, 2.75) is 65.1 Å². The smallest absolute Gasteiger partial charge is 0.226 e. The average Bonchev–Trinajstić information content (AvgIpc) is 2.65. The summed E-state index contributed by atoms with van der Waals surface area (Å²) in [4.78, 5) is 51.8. The predicted molar refractivity (Wildman–Crippen MR) is 114 cm³/mol. The Morgan fingerprint density at radius 1 is 0.935 bits per heavy atom. The molecule has 3 rings (SSSR count). The van der Waals surface area contributed by atoms with Gasteiger partial charge in [0.25, 0.3) is 0 Å². The van der Waals surface area contributed by atoms with E-state index in [4.69, 9.17) is 4.74 Å². The summed E-state index contributed by atoms with van der Waals surface area (Å²) in [7, 11) is 0. The van der Waals surface area contributed by atoms with E-state index >= 15 is 0 Å². The largest absolute Gasteiger partial charge is 0.378 e. The molecule has 3 aliphatic rings. The number of ether oxygens (including phenoxy) is 1. The Balaban J connectivity index is 1.38. The number of carbonyl (C=O) groups is 4. The summed E-state index contributed by atoms with van der Waals surface area (Å²) >= 11 is 0. The first-order valence-corrected chi connectivity index (χ1v) is 11.4. The number of likely N-dealkylation sites (tertiary alicyclic amines) is 2. The van der Waals surface area contributed by atoms with E-state index in [9.17, 15) is 19.2 Å². The van der Waals surface area contributed by atoms with Crippen LogP contribution in [0.2, 0.25) is 0 Å². The van der Waals surface area contributed by atoms with Crippen molar-refractivity contribution in [2.75, 3.05) is 32.8 Å². The van der Waals surface area contributed by atoms with E-state index in [0.717, 1.165) is 0 Å². The summed E-state index contributed by atoms with van der Waals surface area (Å²) in [5, 5.41) is 5.95. The van der Waals surface area contributed by atoms with E-state index in [2.05, 4.69) is 10.6 Å². The zero-order valence-corrected chi connectivity index (χ0v) is 19.1. The van der Waals surface area contributed by atoms with Gasteiger partial charge in [0.15, 0.2) is 0 Å². The van der Waals surface area contributed by atoms with Gasteiger partial charge in [0.2, 0.25) is 23.6 Å². The van der Waals surface area contributed by atoms with Gasteiger partial charge >= 0.3 is 0 Å². The van der Waals surface area contributed by atoms with Crippen LogP contribution in [-0.4, -0.2) is 84.4 Å². The molecule has 31 heavy (non-hydrogen) atoms. The van der Waals surface area contributed by atoms with E-state index in [0.29, 0.717) is 52.0 Å². The van der Waals surface area contributed by atoms with Gasteiger partial charge in [0.05, 0.1) is 18.2 Å². The van der Waals surface area contributed by atoms with Crippen LogP contribution in [0.15, 0.2) is 0 Å². The first-order valence-electron chi connectivity index (χ1n) is 11.4. The number of nitrogens with one attached hydrogen (secondary N) is 2. The van der Waals surface area contributed by atoms with Gasteiger partial charge < -0.3 is 25.2 Å². The molecule has 3 atom stereocenters. The van der Waals surface area contributed by atoms with Crippen molar-refractivity contribution in [3.8, 4) is 0 Å². The van der Waals surface area contributed by atoms with Gasteiger partial charge in [-0.3, -0.25) is 19.2 Å². The lowest BCUT2D eigenvalue weighted by molar-refractivity contribution is -0.147. The van der Waals surface area contributed by atoms with Crippen LogP contribution in [0.4, 0.5) is 0 Å². The van der Waals surface area contributed by atoms with Crippen LogP contribution in [0.25, 0.3) is 0 Å². The highest BCUT2D eigenvalue weighted by Gasteiger charge is 2.38. The van der Waals surface area contributed by atoms with Crippen molar-refractivity contribution in [3.63, 3.8) is 0 Å². The molecule has 0 saturated carbocycles. The molecule has 174 valence electrons. The van der Waals surface area contributed by atoms with Gasteiger partial charge in [-0.1, -0.05) is 20.8 Å². The molecule has 0 radical (unpaired) electrons. The first-order chi connectivity index (χ1) is 14.6. The highest BCUT2D eigenvalue weighted by Crippen LogP contribution is 2.28. The van der Waals surface area contributed by atoms with Crippen LogP contribution >= 0.6 is 0 Å². The minimum Gasteiger partial charge on any atom is -0.378 e. The number of amides is 4. The van der Waals surface area contributed by atoms with E-state index in [-0.39, 0.29) is 59.6 Å². The van der Waals surface area contributed by atoms with Crippen LogP contribution in [0.3, 0.4) is 0 Å². The number of rotatable bonds is 7. The summed E-state index contributed by atoms with van der Waals surface area (Å²) in [5.41, 5.74) is 0. The van der Waals surface area contributed by atoms with Crippen molar-refractivity contribution in [2.24, 2.45) is 17.8 Å². The molecule has 3 saturated heterocycles. The van der Waals surface area contributed by atoms with Crippen LogP contribution in [0.1, 0.15) is 47.0 Å². The average molecular weight is 437 g/mol. The second-order valence-corrected chi connectivity index (χ2v) is 9.58. The fraction of sp³-hybridized carbons (Fsp3) is 0.818. The molecule has 0 spiro atoms. The Kier molecular flexibility index (Phi) is 7.56. The Morgan fingerprint density at radius 2 is 1.52 bits per heavy atom. The zero-order valence-electron chi connectivity index (χ0n) is 19.1. The summed E-state index contributed by atoms with van der Waals surface area (Å²) in [6, 6.07) is 0.0691.